The van der Waals surface area contributed by atoms with Crippen LogP contribution in [0.2, 0.25) is 0 Å². The molecule has 0 N–H and O–H groups in total. The molecule has 0 aliphatic heterocycles. The first kappa shape index (κ1) is 11.3. The van der Waals surface area contributed by atoms with Gasteiger partial charge in [-0.1, -0.05) is 25.8 Å². The summed E-state index contributed by atoms with van der Waals surface area (Å²) in [6.07, 6.45) is 7.12. The Morgan fingerprint density at radius 2 is 1.82 bits per heavy atom. The molecule has 0 aromatic rings. The van der Waals surface area contributed by atoms with Gasteiger partial charge in [0.15, 0.2) is 0 Å². The molecule has 0 unspecified atom stereocenters. The van der Waals surface area contributed by atoms with Crippen LogP contribution in [0, 0.1) is 0 Å². The molecule has 0 rings (SSSR count). The molecule has 0 atom stereocenters. The van der Waals surface area contributed by atoms with Crippen LogP contribution >= 0.6 is 23.2 Å². The van der Waals surface area contributed by atoms with Crippen LogP contribution in [0.4, 0.5) is 0 Å². The summed E-state index contributed by atoms with van der Waals surface area (Å²) in [7, 11) is 0. The number of rotatable bonds is 6. The first-order chi connectivity index (χ1) is 5.35. The highest BCUT2D eigenvalue weighted by Crippen LogP contribution is 2.06. The molecule has 0 radical (unpaired) electrons. The van der Waals surface area contributed by atoms with Crippen LogP contribution in [0.3, 0.4) is 0 Å². The van der Waals surface area contributed by atoms with Gasteiger partial charge in [0.25, 0.3) is 0 Å². The molecule has 0 saturated carbocycles. The fraction of sp³-hybridized carbons (Fsp3) is 0.778. The summed E-state index contributed by atoms with van der Waals surface area (Å²) in [5.74, 6) is 1.16. The fourth-order valence-electron chi connectivity index (χ4n) is 0.845. The Labute approximate surface area is 79.6 Å². The Hall–Kier alpha value is 0.320. The van der Waals surface area contributed by atoms with Crippen LogP contribution in [0.25, 0.3) is 0 Å². The standard InChI is InChI=1S/C9H16Cl2/c1-2-3-4-5-6-9(7-10)8-11/h6H,2-5,7-8H2,1H3. The largest absolute Gasteiger partial charge is 0.122 e. The maximum atomic E-state index is 5.63. The van der Waals surface area contributed by atoms with E-state index in [0.29, 0.717) is 11.8 Å². The smallest absolute Gasteiger partial charge is 0.0445 e. The van der Waals surface area contributed by atoms with Crippen molar-refractivity contribution >= 4 is 23.2 Å². The number of hydrogen-bond donors (Lipinski definition) is 0. The third-order valence-electron chi connectivity index (χ3n) is 1.58. The van der Waals surface area contributed by atoms with Crippen molar-refractivity contribution < 1.29 is 0 Å². The van der Waals surface area contributed by atoms with E-state index in [4.69, 9.17) is 23.2 Å². The Kier molecular flexibility index (Phi) is 8.66. The van der Waals surface area contributed by atoms with Gasteiger partial charge in [-0.2, -0.15) is 0 Å². The zero-order valence-corrected chi connectivity index (χ0v) is 8.59. The van der Waals surface area contributed by atoms with Crippen molar-refractivity contribution in [3.63, 3.8) is 0 Å². The first-order valence-corrected chi connectivity index (χ1v) is 5.21. The summed E-state index contributed by atoms with van der Waals surface area (Å²) in [6.45, 7) is 2.20. The molecule has 0 aliphatic rings. The summed E-state index contributed by atoms with van der Waals surface area (Å²) < 4.78 is 0. The lowest BCUT2D eigenvalue weighted by molar-refractivity contribution is 0.727. The average molecular weight is 195 g/mol. The molecule has 2 heteroatoms. The number of allylic oxidation sites excluding steroid dienone is 2. The van der Waals surface area contributed by atoms with E-state index in [-0.39, 0.29) is 0 Å². The van der Waals surface area contributed by atoms with Gasteiger partial charge in [0.1, 0.15) is 0 Å². The third-order valence-corrected chi connectivity index (χ3v) is 2.27. The number of halogens is 2. The molecule has 0 saturated heterocycles. The zero-order chi connectivity index (χ0) is 8.53. The summed E-state index contributed by atoms with van der Waals surface area (Å²) in [5, 5.41) is 0. The van der Waals surface area contributed by atoms with Crippen LogP contribution in [-0.2, 0) is 0 Å². The zero-order valence-electron chi connectivity index (χ0n) is 7.08. The van der Waals surface area contributed by atoms with Crippen molar-refractivity contribution in [1.82, 2.24) is 0 Å². The van der Waals surface area contributed by atoms with Crippen molar-refractivity contribution in [3.8, 4) is 0 Å². The first-order valence-electron chi connectivity index (χ1n) is 4.15. The van der Waals surface area contributed by atoms with E-state index in [0.717, 1.165) is 12.0 Å². The average Bonchev–Trinajstić information content (AvgIpc) is 2.05. The minimum absolute atomic E-state index is 0.579. The van der Waals surface area contributed by atoms with Crippen LogP contribution in [0.5, 0.6) is 0 Å². The molecular weight excluding hydrogens is 179 g/mol. The maximum Gasteiger partial charge on any atom is 0.0445 e. The van der Waals surface area contributed by atoms with Gasteiger partial charge in [0.2, 0.25) is 0 Å². The van der Waals surface area contributed by atoms with Gasteiger partial charge in [0.05, 0.1) is 0 Å². The van der Waals surface area contributed by atoms with Crippen molar-refractivity contribution in [1.29, 1.82) is 0 Å². The van der Waals surface area contributed by atoms with Crippen molar-refractivity contribution in [2.45, 2.75) is 32.6 Å². The van der Waals surface area contributed by atoms with E-state index in [1.54, 1.807) is 0 Å². The van der Waals surface area contributed by atoms with Crippen molar-refractivity contribution in [2.24, 2.45) is 0 Å². The number of alkyl halides is 2. The predicted molar refractivity (Wildman–Crippen MR) is 53.7 cm³/mol. The van der Waals surface area contributed by atoms with Crippen LogP contribution in [0.15, 0.2) is 11.6 Å². The molecule has 0 heterocycles. The minimum atomic E-state index is 0.579. The normalized spacial score (nSPS) is 9.73. The minimum Gasteiger partial charge on any atom is -0.122 e. The molecule has 11 heavy (non-hydrogen) atoms. The van der Waals surface area contributed by atoms with E-state index in [2.05, 4.69) is 13.0 Å². The van der Waals surface area contributed by atoms with Gasteiger partial charge in [-0.15, -0.1) is 23.2 Å². The molecule has 0 fully saturated rings. The molecule has 0 spiro atoms. The monoisotopic (exact) mass is 194 g/mol. The highest BCUT2D eigenvalue weighted by Gasteiger charge is 1.91. The Morgan fingerprint density at radius 1 is 1.18 bits per heavy atom. The summed E-state index contributed by atoms with van der Waals surface area (Å²) in [4.78, 5) is 0. The van der Waals surface area contributed by atoms with Gasteiger partial charge >= 0.3 is 0 Å². The van der Waals surface area contributed by atoms with E-state index >= 15 is 0 Å². The lowest BCUT2D eigenvalue weighted by Gasteiger charge is -1.97. The van der Waals surface area contributed by atoms with Crippen LogP contribution < -0.4 is 0 Å². The summed E-state index contributed by atoms with van der Waals surface area (Å²) in [5.41, 5.74) is 1.16. The fourth-order valence-corrected chi connectivity index (χ4v) is 1.35. The lowest BCUT2D eigenvalue weighted by Crippen LogP contribution is -1.86. The second kappa shape index (κ2) is 8.42. The van der Waals surface area contributed by atoms with Gasteiger partial charge < -0.3 is 0 Å². The molecule has 0 aromatic heterocycles. The SMILES string of the molecule is CCCCCC=C(CCl)CCl. The number of unbranched alkanes of at least 4 members (excludes halogenated alkanes) is 3. The molecular formula is C9H16Cl2. The van der Waals surface area contributed by atoms with Crippen molar-refractivity contribution in [2.75, 3.05) is 11.8 Å². The van der Waals surface area contributed by atoms with Crippen molar-refractivity contribution in [3.05, 3.63) is 11.6 Å². The van der Waals surface area contributed by atoms with E-state index < -0.39 is 0 Å². The molecule has 0 amide bonds. The summed E-state index contributed by atoms with van der Waals surface area (Å²) >= 11 is 11.3. The number of hydrogen-bond acceptors (Lipinski definition) is 0. The molecule has 66 valence electrons. The van der Waals surface area contributed by atoms with E-state index in [1.807, 2.05) is 0 Å². The topological polar surface area (TPSA) is 0 Å². The lowest BCUT2D eigenvalue weighted by atomic mass is 10.1. The Morgan fingerprint density at radius 3 is 2.27 bits per heavy atom. The van der Waals surface area contributed by atoms with Gasteiger partial charge in [-0.25, -0.2) is 0 Å². The summed E-state index contributed by atoms with van der Waals surface area (Å²) in [6, 6.07) is 0. The van der Waals surface area contributed by atoms with E-state index in [1.165, 1.54) is 19.3 Å². The Balaban J connectivity index is 3.37. The molecule has 0 nitrogen and oxygen atoms in total. The molecule has 0 aromatic carbocycles. The second-order valence-corrected chi connectivity index (χ2v) is 3.16. The predicted octanol–water partition coefficient (Wildman–Crippen LogP) is 3.97. The van der Waals surface area contributed by atoms with E-state index in [9.17, 15) is 0 Å². The third kappa shape index (κ3) is 6.71. The van der Waals surface area contributed by atoms with Gasteiger partial charge in [0, 0.05) is 11.8 Å². The highest BCUT2D eigenvalue weighted by molar-refractivity contribution is 6.23. The maximum absolute atomic E-state index is 5.63. The molecule has 0 aliphatic carbocycles. The Bertz CT molecular complexity index is 102. The second-order valence-electron chi connectivity index (χ2n) is 2.63. The molecule has 0 bridgehead atoms. The van der Waals surface area contributed by atoms with Gasteiger partial charge in [-0.3, -0.25) is 0 Å². The van der Waals surface area contributed by atoms with Crippen LogP contribution in [0.1, 0.15) is 32.6 Å². The highest BCUT2D eigenvalue weighted by atomic mass is 35.5. The van der Waals surface area contributed by atoms with Crippen LogP contribution in [-0.4, -0.2) is 11.8 Å². The quantitative estimate of drug-likeness (QED) is 0.341. The van der Waals surface area contributed by atoms with Gasteiger partial charge in [-0.05, 0) is 18.4 Å².